The van der Waals surface area contributed by atoms with Crippen LogP contribution in [0.3, 0.4) is 0 Å². The minimum atomic E-state index is 0. The number of likely N-dealkylation sites (N-methyl/N-ethyl adjacent to an activating group) is 1. The average Bonchev–Trinajstić information content (AvgIpc) is 2.58. The first-order valence-corrected chi connectivity index (χ1v) is 7.94. The number of nitrogens with zero attached hydrogens (tertiary/aromatic N) is 2. The van der Waals surface area contributed by atoms with E-state index in [0.29, 0.717) is 6.54 Å². The van der Waals surface area contributed by atoms with E-state index in [4.69, 9.17) is 9.47 Å². The normalized spacial score (nSPS) is 11.1. The van der Waals surface area contributed by atoms with Gasteiger partial charge in [0.05, 0.1) is 7.11 Å². The van der Waals surface area contributed by atoms with Gasteiger partial charge in [-0.15, -0.1) is 24.0 Å². The summed E-state index contributed by atoms with van der Waals surface area (Å²) < 4.78 is 10.3. The summed E-state index contributed by atoms with van der Waals surface area (Å²) in [6.45, 7) is 4.36. The fourth-order valence-electron chi connectivity index (χ4n) is 2.14. The van der Waals surface area contributed by atoms with Gasteiger partial charge in [-0.1, -0.05) is 12.1 Å². The van der Waals surface area contributed by atoms with Crippen LogP contribution in [-0.4, -0.2) is 65.4 Å². The molecule has 0 saturated heterocycles. The summed E-state index contributed by atoms with van der Waals surface area (Å²) in [4.78, 5) is 6.52. The first-order valence-electron chi connectivity index (χ1n) is 7.94. The van der Waals surface area contributed by atoms with Crippen LogP contribution >= 0.6 is 24.0 Å². The van der Waals surface area contributed by atoms with Gasteiger partial charge in [0.15, 0.2) is 5.96 Å². The van der Waals surface area contributed by atoms with E-state index < -0.39 is 0 Å². The third kappa shape index (κ3) is 9.94. The third-order valence-corrected chi connectivity index (χ3v) is 3.49. The zero-order valence-electron chi connectivity index (χ0n) is 15.2. The van der Waals surface area contributed by atoms with Crippen LogP contribution < -0.4 is 15.4 Å². The van der Waals surface area contributed by atoms with E-state index in [1.165, 1.54) is 0 Å². The smallest absolute Gasteiger partial charge is 0.191 e. The molecule has 0 saturated carbocycles. The fraction of sp³-hybridized carbons (Fsp3) is 0.588. The van der Waals surface area contributed by atoms with E-state index in [1.807, 2.05) is 18.2 Å². The lowest BCUT2D eigenvalue weighted by Crippen LogP contribution is -2.40. The Morgan fingerprint density at radius 1 is 1.21 bits per heavy atom. The zero-order valence-corrected chi connectivity index (χ0v) is 17.5. The van der Waals surface area contributed by atoms with Crippen LogP contribution in [0.25, 0.3) is 0 Å². The van der Waals surface area contributed by atoms with E-state index in [2.05, 4.69) is 33.6 Å². The molecule has 0 atom stereocenters. The Kier molecular flexibility index (Phi) is 13.7. The van der Waals surface area contributed by atoms with Crippen molar-refractivity contribution in [1.82, 2.24) is 15.5 Å². The molecule has 0 spiro atoms. The highest BCUT2D eigenvalue weighted by Crippen LogP contribution is 2.11. The number of hydrogen-bond acceptors (Lipinski definition) is 4. The van der Waals surface area contributed by atoms with Gasteiger partial charge in [0.25, 0.3) is 0 Å². The number of rotatable bonds is 10. The van der Waals surface area contributed by atoms with Gasteiger partial charge < -0.3 is 25.0 Å². The molecule has 0 aliphatic heterocycles. The Balaban J connectivity index is 0.00000529. The molecule has 7 heteroatoms. The van der Waals surface area contributed by atoms with Crippen molar-refractivity contribution in [3.05, 3.63) is 29.8 Å². The van der Waals surface area contributed by atoms with Crippen molar-refractivity contribution < 1.29 is 9.47 Å². The maximum absolute atomic E-state index is 5.23. The molecule has 0 amide bonds. The summed E-state index contributed by atoms with van der Waals surface area (Å²) in [6.07, 6.45) is 1.05. The van der Waals surface area contributed by atoms with Crippen molar-refractivity contribution in [2.75, 3.05) is 54.6 Å². The number of methoxy groups -OCH3 is 2. The molecule has 0 aliphatic rings. The Labute approximate surface area is 163 Å². The number of halogens is 1. The summed E-state index contributed by atoms with van der Waals surface area (Å²) >= 11 is 0. The summed E-state index contributed by atoms with van der Waals surface area (Å²) in [5.41, 5.74) is 1.16. The van der Waals surface area contributed by atoms with Gasteiger partial charge in [-0.05, 0) is 31.2 Å². The van der Waals surface area contributed by atoms with Crippen LogP contribution in [0.1, 0.15) is 12.0 Å². The maximum Gasteiger partial charge on any atom is 0.191 e. The Hall–Kier alpha value is -1.06. The average molecular weight is 450 g/mol. The number of aliphatic imine (C=N–C) groups is 1. The molecule has 0 fully saturated rings. The first-order chi connectivity index (χ1) is 11.2. The molecule has 0 aromatic heterocycles. The largest absolute Gasteiger partial charge is 0.497 e. The minimum absolute atomic E-state index is 0. The first kappa shape index (κ1) is 22.9. The number of nitrogens with one attached hydrogen (secondary N) is 2. The monoisotopic (exact) mass is 450 g/mol. The number of benzene rings is 1. The van der Waals surface area contributed by atoms with Crippen molar-refractivity contribution in [1.29, 1.82) is 0 Å². The van der Waals surface area contributed by atoms with Crippen LogP contribution in [0.2, 0.25) is 0 Å². The van der Waals surface area contributed by atoms with Crippen molar-refractivity contribution in [2.24, 2.45) is 4.99 Å². The van der Waals surface area contributed by atoms with E-state index >= 15 is 0 Å². The highest BCUT2D eigenvalue weighted by atomic mass is 127. The van der Waals surface area contributed by atoms with Crippen LogP contribution in [-0.2, 0) is 11.3 Å². The molecule has 0 bridgehead atoms. The molecule has 1 rings (SSSR count). The van der Waals surface area contributed by atoms with Crippen LogP contribution in [0.5, 0.6) is 5.75 Å². The van der Waals surface area contributed by atoms with E-state index in [9.17, 15) is 0 Å². The molecular weight excluding hydrogens is 419 g/mol. The van der Waals surface area contributed by atoms with Crippen molar-refractivity contribution in [3.63, 3.8) is 0 Å². The van der Waals surface area contributed by atoms with Gasteiger partial charge in [0, 0.05) is 46.9 Å². The highest BCUT2D eigenvalue weighted by molar-refractivity contribution is 14.0. The standard InChI is InChI=1S/C17H30N4O2.HI/c1-18-17(19-9-11-21(2)10-6-12-22-3)20-14-15-7-5-8-16(13-15)23-4;/h5,7-8,13H,6,9-12,14H2,1-4H3,(H2,18,19,20);1H. The predicted molar refractivity (Wildman–Crippen MR) is 111 cm³/mol. The minimum Gasteiger partial charge on any atom is -0.497 e. The van der Waals surface area contributed by atoms with Gasteiger partial charge in [0.2, 0.25) is 0 Å². The van der Waals surface area contributed by atoms with Crippen LogP contribution in [0.15, 0.2) is 29.3 Å². The molecule has 1 aromatic rings. The van der Waals surface area contributed by atoms with Crippen LogP contribution in [0, 0.1) is 0 Å². The fourth-order valence-corrected chi connectivity index (χ4v) is 2.14. The zero-order chi connectivity index (χ0) is 16.9. The lowest BCUT2D eigenvalue weighted by molar-refractivity contribution is 0.180. The van der Waals surface area contributed by atoms with Crippen molar-refractivity contribution in [2.45, 2.75) is 13.0 Å². The van der Waals surface area contributed by atoms with Crippen molar-refractivity contribution in [3.8, 4) is 5.75 Å². The molecular formula is C17H31IN4O2. The van der Waals surface area contributed by atoms with Gasteiger partial charge in [0.1, 0.15) is 5.75 Å². The second-order valence-electron chi connectivity index (χ2n) is 5.35. The molecule has 0 unspecified atom stereocenters. The van der Waals surface area contributed by atoms with E-state index in [1.54, 1.807) is 21.3 Å². The number of ether oxygens (including phenoxy) is 2. The lowest BCUT2D eigenvalue weighted by Gasteiger charge is -2.18. The quantitative estimate of drug-likeness (QED) is 0.247. The summed E-state index contributed by atoms with van der Waals surface area (Å²) in [7, 11) is 7.31. The topological polar surface area (TPSA) is 58.1 Å². The van der Waals surface area contributed by atoms with E-state index in [0.717, 1.165) is 49.9 Å². The Morgan fingerprint density at radius 2 is 2.00 bits per heavy atom. The molecule has 0 heterocycles. The summed E-state index contributed by atoms with van der Waals surface area (Å²) in [5, 5.41) is 6.63. The molecule has 1 aromatic carbocycles. The molecule has 138 valence electrons. The van der Waals surface area contributed by atoms with Crippen LogP contribution in [0.4, 0.5) is 0 Å². The Bertz CT molecular complexity index is 472. The second kappa shape index (κ2) is 14.3. The van der Waals surface area contributed by atoms with Gasteiger partial charge in [-0.25, -0.2) is 0 Å². The molecule has 0 radical (unpaired) electrons. The van der Waals surface area contributed by atoms with Gasteiger partial charge in [-0.2, -0.15) is 0 Å². The third-order valence-electron chi connectivity index (χ3n) is 3.49. The molecule has 24 heavy (non-hydrogen) atoms. The highest BCUT2D eigenvalue weighted by Gasteiger charge is 2.01. The Morgan fingerprint density at radius 3 is 2.67 bits per heavy atom. The predicted octanol–water partition coefficient (Wildman–Crippen LogP) is 1.95. The number of hydrogen-bond donors (Lipinski definition) is 2. The molecule has 2 N–H and O–H groups in total. The van der Waals surface area contributed by atoms with Crippen molar-refractivity contribution >= 4 is 29.9 Å². The van der Waals surface area contributed by atoms with Gasteiger partial charge >= 0.3 is 0 Å². The second-order valence-corrected chi connectivity index (χ2v) is 5.35. The van der Waals surface area contributed by atoms with E-state index in [-0.39, 0.29) is 24.0 Å². The lowest BCUT2D eigenvalue weighted by atomic mass is 10.2. The maximum atomic E-state index is 5.23. The molecule has 6 nitrogen and oxygen atoms in total. The summed E-state index contributed by atoms with van der Waals surface area (Å²) in [6, 6.07) is 8.01. The SMILES string of the molecule is CN=C(NCCN(C)CCCOC)NCc1cccc(OC)c1.I. The summed E-state index contributed by atoms with van der Waals surface area (Å²) in [5.74, 6) is 1.67. The van der Waals surface area contributed by atoms with Gasteiger partial charge in [-0.3, -0.25) is 4.99 Å². The number of guanidine groups is 1. The molecule has 0 aliphatic carbocycles.